The lowest BCUT2D eigenvalue weighted by atomic mass is 10.1. The van der Waals surface area contributed by atoms with E-state index in [1.54, 1.807) is 12.1 Å². The number of benzene rings is 1. The topological polar surface area (TPSA) is 75.6 Å². The minimum absolute atomic E-state index is 0.00257. The van der Waals surface area contributed by atoms with Crippen molar-refractivity contribution in [3.63, 3.8) is 0 Å². The molecule has 0 spiro atoms. The molecule has 0 saturated carbocycles. The number of carbonyl (C=O) groups excluding carboxylic acids is 1. The van der Waals surface area contributed by atoms with Crippen LogP contribution in [0.5, 0.6) is 0 Å². The second-order valence-corrected chi connectivity index (χ2v) is 4.86. The fourth-order valence-electron chi connectivity index (χ4n) is 1.32. The maximum absolute atomic E-state index is 11.4. The molecule has 1 rings (SSSR count). The van der Waals surface area contributed by atoms with E-state index >= 15 is 0 Å². The van der Waals surface area contributed by atoms with E-state index in [0.717, 1.165) is 0 Å². The van der Waals surface area contributed by atoms with Crippen LogP contribution in [-0.2, 0) is 9.53 Å². The van der Waals surface area contributed by atoms with Gasteiger partial charge in [0.05, 0.1) is 0 Å². The van der Waals surface area contributed by atoms with Crippen LogP contribution in [0.25, 0.3) is 0 Å². The van der Waals surface area contributed by atoms with Gasteiger partial charge in [0.25, 0.3) is 0 Å². The molecular weight excluding hydrogens is 337 g/mol. The summed E-state index contributed by atoms with van der Waals surface area (Å²) in [5, 5.41) is 11.7. The molecule has 1 aromatic carbocycles. The Morgan fingerprint density at radius 1 is 1.53 bits per heavy atom. The molecule has 1 atom stereocenters. The van der Waals surface area contributed by atoms with E-state index in [0.29, 0.717) is 15.1 Å². The number of nitrogens with one attached hydrogen (secondary N) is 1. The molecule has 5 nitrogen and oxygen atoms in total. The molecule has 0 aromatic heterocycles. The highest BCUT2D eigenvalue weighted by atomic mass is 79.9. The number of amides is 1. The maximum Gasteiger partial charge on any atom is 0.408 e. The molecule has 0 aliphatic carbocycles. The van der Waals surface area contributed by atoms with Gasteiger partial charge in [-0.1, -0.05) is 40.2 Å². The lowest BCUT2D eigenvalue weighted by Crippen LogP contribution is -2.34. The van der Waals surface area contributed by atoms with Gasteiger partial charge in [0, 0.05) is 9.50 Å². The Bertz CT molecular complexity index is 486. The Morgan fingerprint density at radius 2 is 2.21 bits per heavy atom. The van der Waals surface area contributed by atoms with Crippen LogP contribution >= 0.6 is 27.5 Å². The van der Waals surface area contributed by atoms with Crippen LogP contribution in [-0.4, -0.2) is 23.8 Å². The van der Waals surface area contributed by atoms with E-state index in [-0.39, 0.29) is 6.61 Å². The first-order valence-corrected chi connectivity index (χ1v) is 6.34. The SMILES string of the molecule is C=CCOC(=O)NC(C(=O)O)c1cc(Cl)cc(Br)c1. The zero-order valence-corrected chi connectivity index (χ0v) is 12.1. The zero-order valence-electron chi connectivity index (χ0n) is 9.73. The summed E-state index contributed by atoms with van der Waals surface area (Å²) in [7, 11) is 0. The molecule has 0 bridgehead atoms. The molecule has 0 aliphatic rings. The summed E-state index contributed by atoms with van der Waals surface area (Å²) in [6.45, 7) is 3.38. The average Bonchev–Trinajstić information content (AvgIpc) is 2.31. The van der Waals surface area contributed by atoms with Gasteiger partial charge in [0.1, 0.15) is 6.61 Å². The van der Waals surface area contributed by atoms with Crippen LogP contribution in [0.4, 0.5) is 4.79 Å². The molecule has 0 radical (unpaired) electrons. The summed E-state index contributed by atoms with van der Waals surface area (Å²) in [6, 6.07) is 3.38. The molecule has 1 amide bonds. The lowest BCUT2D eigenvalue weighted by Gasteiger charge is -2.15. The van der Waals surface area contributed by atoms with Crippen molar-refractivity contribution in [1.29, 1.82) is 0 Å². The van der Waals surface area contributed by atoms with E-state index < -0.39 is 18.1 Å². The van der Waals surface area contributed by atoms with Gasteiger partial charge in [-0.2, -0.15) is 0 Å². The monoisotopic (exact) mass is 347 g/mol. The number of hydrogen-bond donors (Lipinski definition) is 2. The number of carbonyl (C=O) groups is 2. The molecule has 102 valence electrons. The van der Waals surface area contributed by atoms with Gasteiger partial charge >= 0.3 is 12.1 Å². The van der Waals surface area contributed by atoms with Gasteiger partial charge in [0.15, 0.2) is 6.04 Å². The van der Waals surface area contributed by atoms with E-state index in [9.17, 15) is 9.59 Å². The highest BCUT2D eigenvalue weighted by Gasteiger charge is 2.23. The number of carboxylic acid groups (broad SMARTS) is 1. The maximum atomic E-state index is 11.4. The van der Waals surface area contributed by atoms with Gasteiger partial charge < -0.3 is 15.2 Å². The molecule has 19 heavy (non-hydrogen) atoms. The first-order valence-electron chi connectivity index (χ1n) is 5.17. The van der Waals surface area contributed by atoms with Crippen LogP contribution in [0.1, 0.15) is 11.6 Å². The fourth-order valence-corrected chi connectivity index (χ4v) is 2.21. The summed E-state index contributed by atoms with van der Waals surface area (Å²) in [6.07, 6.45) is 0.536. The molecule has 0 heterocycles. The van der Waals surface area contributed by atoms with Crippen LogP contribution in [0.15, 0.2) is 35.3 Å². The number of halogens is 2. The van der Waals surface area contributed by atoms with Gasteiger partial charge in [-0.15, -0.1) is 0 Å². The van der Waals surface area contributed by atoms with E-state index in [1.807, 2.05) is 0 Å². The van der Waals surface area contributed by atoms with Crippen molar-refractivity contribution in [2.45, 2.75) is 6.04 Å². The zero-order chi connectivity index (χ0) is 14.4. The minimum atomic E-state index is -1.24. The van der Waals surface area contributed by atoms with Crippen LogP contribution < -0.4 is 5.32 Å². The second-order valence-electron chi connectivity index (χ2n) is 3.51. The quantitative estimate of drug-likeness (QED) is 0.802. The van der Waals surface area contributed by atoms with Crippen LogP contribution in [0, 0.1) is 0 Å². The standard InChI is InChI=1S/C12H11BrClNO4/c1-2-3-19-12(18)15-10(11(16)17)7-4-8(13)6-9(14)5-7/h2,4-6,10H,1,3H2,(H,15,18)(H,16,17). The van der Waals surface area contributed by atoms with Gasteiger partial charge in [0.2, 0.25) is 0 Å². The van der Waals surface area contributed by atoms with E-state index in [4.69, 9.17) is 16.7 Å². The molecule has 1 aromatic rings. The molecule has 0 fully saturated rings. The second kappa shape index (κ2) is 7.16. The molecule has 0 aliphatic heterocycles. The third-order valence-corrected chi connectivity index (χ3v) is 2.74. The molecule has 7 heteroatoms. The van der Waals surface area contributed by atoms with Crippen molar-refractivity contribution in [3.8, 4) is 0 Å². The van der Waals surface area contributed by atoms with Crippen LogP contribution in [0.3, 0.4) is 0 Å². The largest absolute Gasteiger partial charge is 0.479 e. The number of ether oxygens (including phenoxy) is 1. The first kappa shape index (κ1) is 15.5. The Labute approximate surface area is 123 Å². The smallest absolute Gasteiger partial charge is 0.408 e. The predicted octanol–water partition coefficient (Wildman–Crippen LogP) is 3.14. The fraction of sp³-hybridized carbons (Fsp3) is 0.167. The van der Waals surface area contributed by atoms with Crippen molar-refractivity contribution in [1.82, 2.24) is 5.32 Å². The number of alkyl carbamates (subject to hydrolysis) is 1. The van der Waals surface area contributed by atoms with Crippen molar-refractivity contribution in [3.05, 3.63) is 45.9 Å². The number of hydrogen-bond acceptors (Lipinski definition) is 3. The summed E-state index contributed by atoms with van der Waals surface area (Å²) >= 11 is 9.04. The predicted molar refractivity (Wildman–Crippen MR) is 74.2 cm³/mol. The normalized spacial score (nSPS) is 11.5. The third-order valence-electron chi connectivity index (χ3n) is 2.06. The Hall–Kier alpha value is -1.53. The minimum Gasteiger partial charge on any atom is -0.479 e. The van der Waals surface area contributed by atoms with Gasteiger partial charge in [-0.05, 0) is 23.8 Å². The average molecular weight is 349 g/mol. The highest BCUT2D eigenvalue weighted by Crippen LogP contribution is 2.24. The van der Waals surface area contributed by atoms with E-state index in [1.165, 1.54) is 12.1 Å². The number of rotatable bonds is 5. The Balaban J connectivity index is 2.91. The first-order chi connectivity index (χ1) is 8.93. The van der Waals surface area contributed by atoms with Crippen molar-refractivity contribution >= 4 is 39.6 Å². The number of aliphatic carboxylic acids is 1. The third kappa shape index (κ3) is 4.92. The molecule has 2 N–H and O–H groups in total. The molecule has 0 saturated heterocycles. The summed E-state index contributed by atoms with van der Waals surface area (Å²) in [4.78, 5) is 22.6. The van der Waals surface area contributed by atoms with Crippen molar-refractivity contribution in [2.24, 2.45) is 0 Å². The van der Waals surface area contributed by atoms with Crippen molar-refractivity contribution < 1.29 is 19.4 Å². The van der Waals surface area contributed by atoms with Crippen molar-refractivity contribution in [2.75, 3.05) is 6.61 Å². The summed E-state index contributed by atoms with van der Waals surface area (Å²) in [5.74, 6) is -1.22. The summed E-state index contributed by atoms with van der Waals surface area (Å²) < 4.78 is 5.29. The van der Waals surface area contributed by atoms with Gasteiger partial charge in [-0.25, -0.2) is 9.59 Å². The van der Waals surface area contributed by atoms with Gasteiger partial charge in [-0.3, -0.25) is 0 Å². The lowest BCUT2D eigenvalue weighted by molar-refractivity contribution is -0.139. The van der Waals surface area contributed by atoms with Crippen LogP contribution in [0.2, 0.25) is 5.02 Å². The molecular formula is C12H11BrClNO4. The summed E-state index contributed by atoms with van der Waals surface area (Å²) in [5.41, 5.74) is 0.336. The Morgan fingerprint density at radius 3 is 2.74 bits per heavy atom. The highest BCUT2D eigenvalue weighted by molar-refractivity contribution is 9.10. The number of carboxylic acids is 1. The Kier molecular flexibility index (Phi) is 5.85. The molecule has 1 unspecified atom stereocenters. The van der Waals surface area contributed by atoms with E-state index in [2.05, 4.69) is 32.6 Å².